The van der Waals surface area contributed by atoms with Gasteiger partial charge in [-0.25, -0.2) is 15.0 Å². The van der Waals surface area contributed by atoms with E-state index in [0.29, 0.717) is 11.3 Å². The van der Waals surface area contributed by atoms with Crippen LogP contribution in [0, 0.1) is 11.8 Å². The maximum atomic E-state index is 13.0. The van der Waals surface area contributed by atoms with Gasteiger partial charge >= 0.3 is 6.18 Å². The van der Waals surface area contributed by atoms with Crippen LogP contribution in [0.25, 0.3) is 0 Å². The highest BCUT2D eigenvalue weighted by molar-refractivity contribution is 7.16. The fourth-order valence-electron chi connectivity index (χ4n) is 1.79. The summed E-state index contributed by atoms with van der Waals surface area (Å²) in [6, 6.07) is 0. The van der Waals surface area contributed by atoms with Gasteiger partial charge in [0.2, 0.25) is 11.8 Å². The predicted molar refractivity (Wildman–Crippen MR) is 84.2 cm³/mol. The number of hydrogen-bond donors (Lipinski definition) is 2. The number of amides is 1. The number of aromatic nitrogens is 3. The van der Waals surface area contributed by atoms with Crippen LogP contribution in [0.1, 0.15) is 20.9 Å². The molecular formula is C14H11F3N4O4S. The maximum absolute atomic E-state index is 13.0. The number of carbonyl (C=O) groups is 1. The first kappa shape index (κ1) is 19.4. The van der Waals surface area contributed by atoms with Gasteiger partial charge in [0.05, 0.1) is 14.2 Å². The molecule has 12 heteroatoms. The molecule has 0 fully saturated rings. The van der Waals surface area contributed by atoms with Crippen LogP contribution in [0.5, 0.6) is 11.8 Å². The summed E-state index contributed by atoms with van der Waals surface area (Å²) in [6.07, 6.45) is -3.67. The second-order valence-corrected chi connectivity index (χ2v) is 5.37. The zero-order valence-corrected chi connectivity index (χ0v) is 14.2. The third kappa shape index (κ3) is 4.19. The van der Waals surface area contributed by atoms with Crippen molar-refractivity contribution in [1.82, 2.24) is 15.0 Å². The van der Waals surface area contributed by atoms with Gasteiger partial charge in [0.15, 0.2) is 16.4 Å². The standard InChI is InChI=1S/C14H11F3N4O4S/c1-24-11-8(12(25-2)19-6-18-11)10(23)21-13-20-9(14(15,16)17)7(26-13)4-3-5-22/h6,22H,5H2,1-2H3,(H,20,21,23). The largest absolute Gasteiger partial charge is 0.480 e. The predicted octanol–water partition coefficient (Wildman–Crippen LogP) is 1.57. The van der Waals surface area contributed by atoms with Crippen molar-refractivity contribution in [2.24, 2.45) is 0 Å². The lowest BCUT2D eigenvalue weighted by atomic mass is 10.3. The highest BCUT2D eigenvalue weighted by atomic mass is 32.1. The van der Waals surface area contributed by atoms with Gasteiger partial charge in [-0.2, -0.15) is 13.2 Å². The molecule has 0 saturated carbocycles. The number of aliphatic hydroxyl groups excluding tert-OH is 1. The van der Waals surface area contributed by atoms with Crippen molar-refractivity contribution < 1.29 is 32.5 Å². The lowest BCUT2D eigenvalue weighted by Crippen LogP contribution is -2.16. The molecule has 138 valence electrons. The lowest BCUT2D eigenvalue weighted by Gasteiger charge is -2.09. The molecular weight excluding hydrogens is 377 g/mol. The topological polar surface area (TPSA) is 106 Å². The van der Waals surface area contributed by atoms with Crippen molar-refractivity contribution in [3.63, 3.8) is 0 Å². The second kappa shape index (κ2) is 7.98. The molecule has 0 aliphatic carbocycles. The summed E-state index contributed by atoms with van der Waals surface area (Å²) in [7, 11) is 2.51. The Labute approximate surface area is 149 Å². The van der Waals surface area contributed by atoms with Crippen LogP contribution >= 0.6 is 11.3 Å². The average molecular weight is 388 g/mol. The molecule has 0 saturated heterocycles. The molecule has 0 aromatic carbocycles. The maximum Gasteiger partial charge on any atom is 0.435 e. The second-order valence-electron chi connectivity index (χ2n) is 4.38. The van der Waals surface area contributed by atoms with Gasteiger partial charge in [-0.05, 0) is 0 Å². The van der Waals surface area contributed by atoms with Crippen LogP contribution in [-0.2, 0) is 6.18 Å². The number of halogens is 3. The van der Waals surface area contributed by atoms with E-state index >= 15 is 0 Å². The molecule has 0 spiro atoms. The summed E-state index contributed by atoms with van der Waals surface area (Å²) in [5.41, 5.74) is -1.47. The number of aliphatic hydroxyl groups is 1. The molecule has 0 atom stereocenters. The number of thiazole rings is 1. The summed E-state index contributed by atoms with van der Waals surface area (Å²) in [6.45, 7) is -0.618. The van der Waals surface area contributed by atoms with Gasteiger partial charge in [-0.1, -0.05) is 23.2 Å². The van der Waals surface area contributed by atoms with Crippen molar-refractivity contribution in [2.75, 3.05) is 26.1 Å². The summed E-state index contributed by atoms with van der Waals surface area (Å²) in [5.74, 6) is 3.16. The zero-order chi connectivity index (χ0) is 19.3. The van der Waals surface area contributed by atoms with E-state index < -0.39 is 29.3 Å². The van der Waals surface area contributed by atoms with Gasteiger partial charge in [0, 0.05) is 0 Å². The van der Waals surface area contributed by atoms with Crippen LogP contribution in [0.4, 0.5) is 18.3 Å². The molecule has 2 aromatic heterocycles. The van der Waals surface area contributed by atoms with Crippen LogP contribution in [0.3, 0.4) is 0 Å². The SMILES string of the molecule is COc1ncnc(OC)c1C(=O)Nc1nc(C(F)(F)F)c(C#CCO)s1. The van der Waals surface area contributed by atoms with Crippen molar-refractivity contribution in [3.05, 3.63) is 22.5 Å². The number of carbonyl (C=O) groups excluding carboxylic acids is 1. The Bertz CT molecular complexity index is 851. The fraction of sp³-hybridized carbons (Fsp3) is 0.286. The van der Waals surface area contributed by atoms with Crippen LogP contribution < -0.4 is 14.8 Å². The Balaban J connectivity index is 2.40. The molecule has 2 aromatic rings. The number of ether oxygens (including phenoxy) is 2. The normalized spacial score (nSPS) is 10.7. The number of anilines is 1. The van der Waals surface area contributed by atoms with E-state index in [1.165, 1.54) is 14.2 Å². The van der Waals surface area contributed by atoms with E-state index in [0.717, 1.165) is 6.33 Å². The molecule has 1 amide bonds. The minimum Gasteiger partial charge on any atom is -0.480 e. The number of hydrogen-bond acceptors (Lipinski definition) is 8. The Hall–Kier alpha value is -2.91. The number of nitrogens with one attached hydrogen (secondary N) is 1. The van der Waals surface area contributed by atoms with Crippen molar-refractivity contribution in [2.45, 2.75) is 6.18 Å². The number of rotatable bonds is 4. The highest BCUT2D eigenvalue weighted by Gasteiger charge is 2.37. The molecule has 0 aliphatic rings. The van der Waals surface area contributed by atoms with Crippen LogP contribution in [0.2, 0.25) is 0 Å². The lowest BCUT2D eigenvalue weighted by molar-refractivity contribution is -0.140. The Morgan fingerprint density at radius 1 is 1.31 bits per heavy atom. The third-order valence-corrected chi connectivity index (χ3v) is 3.67. The van der Waals surface area contributed by atoms with Gasteiger partial charge in [0.25, 0.3) is 5.91 Å². The van der Waals surface area contributed by atoms with Crippen molar-refractivity contribution in [3.8, 4) is 23.6 Å². The minimum atomic E-state index is -4.77. The molecule has 8 nitrogen and oxygen atoms in total. The molecule has 0 radical (unpaired) electrons. The molecule has 2 heterocycles. The quantitative estimate of drug-likeness (QED) is 0.766. The van der Waals surface area contributed by atoms with E-state index in [2.05, 4.69) is 32.1 Å². The van der Waals surface area contributed by atoms with Crippen molar-refractivity contribution in [1.29, 1.82) is 0 Å². The molecule has 2 N–H and O–H groups in total. The van der Waals surface area contributed by atoms with Gasteiger partial charge in [-0.15, -0.1) is 0 Å². The molecule has 2 rings (SSSR count). The summed E-state index contributed by atoms with van der Waals surface area (Å²) in [4.78, 5) is 22.8. The third-order valence-electron chi connectivity index (χ3n) is 2.79. The van der Waals surface area contributed by atoms with Crippen molar-refractivity contribution >= 4 is 22.4 Å². The van der Waals surface area contributed by atoms with E-state index in [1.807, 2.05) is 0 Å². The Morgan fingerprint density at radius 2 is 1.92 bits per heavy atom. The van der Waals surface area contributed by atoms with Gasteiger partial charge < -0.3 is 14.6 Å². The molecule has 0 unspecified atom stereocenters. The molecule has 0 bridgehead atoms. The minimum absolute atomic E-state index is 0.123. The Kier molecular flexibility index (Phi) is 5.96. The average Bonchev–Trinajstić information content (AvgIpc) is 3.01. The summed E-state index contributed by atoms with van der Waals surface area (Å²) in [5, 5.41) is 10.5. The fourth-order valence-corrected chi connectivity index (χ4v) is 2.64. The van der Waals surface area contributed by atoms with Crippen LogP contribution in [0.15, 0.2) is 6.33 Å². The number of nitrogens with zero attached hydrogens (tertiary/aromatic N) is 3. The van der Waals surface area contributed by atoms with Gasteiger partial charge in [-0.3, -0.25) is 10.1 Å². The smallest absolute Gasteiger partial charge is 0.435 e. The van der Waals surface area contributed by atoms with E-state index in [-0.39, 0.29) is 22.5 Å². The molecule has 0 aliphatic heterocycles. The first-order valence-electron chi connectivity index (χ1n) is 6.73. The first-order chi connectivity index (χ1) is 12.3. The Morgan fingerprint density at radius 3 is 2.42 bits per heavy atom. The van der Waals surface area contributed by atoms with E-state index in [9.17, 15) is 18.0 Å². The zero-order valence-electron chi connectivity index (χ0n) is 13.3. The number of alkyl halides is 3. The van der Waals surface area contributed by atoms with Gasteiger partial charge in [0.1, 0.15) is 17.8 Å². The monoisotopic (exact) mass is 388 g/mol. The number of methoxy groups -OCH3 is 2. The van der Waals surface area contributed by atoms with E-state index in [1.54, 1.807) is 0 Å². The first-order valence-corrected chi connectivity index (χ1v) is 7.55. The highest BCUT2D eigenvalue weighted by Crippen LogP contribution is 2.36. The summed E-state index contributed by atoms with van der Waals surface area (Å²) >= 11 is 0.506. The molecule has 26 heavy (non-hydrogen) atoms. The van der Waals surface area contributed by atoms with Crippen LogP contribution in [-0.4, -0.2) is 46.8 Å². The van der Waals surface area contributed by atoms with E-state index in [4.69, 9.17) is 14.6 Å². The summed E-state index contributed by atoms with van der Waals surface area (Å²) < 4.78 is 49.0.